The number of hydrogen-bond donors (Lipinski definition) is 3. The number of aryl methyl sites for hydroxylation is 3. The molecule has 0 bridgehead atoms. The Labute approximate surface area is 278 Å². The Morgan fingerprint density at radius 1 is 1.00 bits per heavy atom. The maximum Gasteiger partial charge on any atom is 0.270 e. The third kappa shape index (κ3) is 6.06. The molecule has 2 fully saturated rings. The highest BCUT2D eigenvalue weighted by Gasteiger charge is 2.37. The van der Waals surface area contributed by atoms with Crippen LogP contribution in [0.2, 0.25) is 10.0 Å². The number of fused-ring (bicyclic) bond motifs is 2. The smallest absolute Gasteiger partial charge is 0.270 e. The van der Waals surface area contributed by atoms with E-state index in [0.717, 1.165) is 61.2 Å². The zero-order valence-electron chi connectivity index (χ0n) is 26.2. The second-order valence-electron chi connectivity index (χ2n) is 12.8. The SMILES string of the molecule is Cc1cc(C)nc(C(=O)NCc2ccc(Cl)c(Nc3nc4cc(C(=O)NC5CCCCC5)c(N5CC6=CC6C5)cc4n3C)c2Cl)c1. The summed E-state index contributed by atoms with van der Waals surface area (Å²) in [5.41, 5.74) is 7.88. The molecular formula is C35H37Cl2N7O2. The van der Waals surface area contributed by atoms with Crippen LogP contribution in [0.25, 0.3) is 11.0 Å². The zero-order valence-corrected chi connectivity index (χ0v) is 27.7. The first-order valence-corrected chi connectivity index (χ1v) is 16.6. The van der Waals surface area contributed by atoms with Crippen molar-refractivity contribution in [1.29, 1.82) is 0 Å². The molecule has 1 saturated heterocycles. The van der Waals surface area contributed by atoms with Gasteiger partial charge in [0.25, 0.3) is 11.8 Å². The number of rotatable bonds is 8. The molecule has 1 unspecified atom stereocenters. The normalized spacial score (nSPS) is 17.5. The third-order valence-corrected chi connectivity index (χ3v) is 10.0. The highest BCUT2D eigenvalue weighted by molar-refractivity contribution is 6.39. The molecule has 1 atom stereocenters. The number of aromatic nitrogens is 3. The number of amides is 2. The Kier molecular flexibility index (Phi) is 8.15. The van der Waals surface area contributed by atoms with Crippen LogP contribution in [0.4, 0.5) is 17.3 Å². The molecule has 11 heteroatoms. The zero-order chi connectivity index (χ0) is 32.1. The van der Waals surface area contributed by atoms with Crippen molar-refractivity contribution in [2.24, 2.45) is 13.0 Å². The lowest BCUT2D eigenvalue weighted by Gasteiger charge is -2.26. The molecule has 46 heavy (non-hydrogen) atoms. The van der Waals surface area contributed by atoms with E-state index in [1.807, 2.05) is 37.6 Å². The highest BCUT2D eigenvalue weighted by atomic mass is 35.5. The second kappa shape index (κ2) is 12.3. The topological polar surface area (TPSA) is 104 Å². The molecule has 0 spiro atoms. The fraction of sp³-hybridized carbons (Fsp3) is 0.371. The van der Waals surface area contributed by atoms with E-state index in [1.165, 1.54) is 12.0 Å². The number of hydrogen-bond acceptors (Lipinski definition) is 6. The van der Waals surface area contributed by atoms with E-state index in [1.54, 1.807) is 18.2 Å². The van der Waals surface area contributed by atoms with E-state index in [4.69, 9.17) is 28.2 Å². The third-order valence-electron chi connectivity index (χ3n) is 9.27. The monoisotopic (exact) mass is 657 g/mol. The summed E-state index contributed by atoms with van der Waals surface area (Å²) in [5, 5.41) is 10.3. The standard InChI is InChI=1S/C35H37Cl2N7O2/c1-19-11-20(2)39-28(12-19)34(46)38-16-21-9-10-26(36)32(31(21)37)42-35-41-27-14-25(33(45)40-24-7-5-4-6-8-24)29(15-30(27)43(35)3)44-17-22-13-23(22)18-44/h9-15,22,24H,4-8,16-18H2,1-3H3,(H,38,46)(H,40,45)(H,41,42). The van der Waals surface area contributed by atoms with E-state index < -0.39 is 0 Å². The van der Waals surface area contributed by atoms with E-state index in [9.17, 15) is 9.59 Å². The average Bonchev–Trinajstić information content (AvgIpc) is 3.52. The summed E-state index contributed by atoms with van der Waals surface area (Å²) in [7, 11) is 1.93. The van der Waals surface area contributed by atoms with Crippen molar-refractivity contribution in [3.8, 4) is 0 Å². The van der Waals surface area contributed by atoms with Gasteiger partial charge >= 0.3 is 0 Å². The summed E-state index contributed by atoms with van der Waals surface area (Å²) in [6.45, 7) is 5.72. The maximum absolute atomic E-state index is 13.7. The molecule has 3 aliphatic rings. The molecule has 2 aliphatic carbocycles. The molecule has 2 aromatic heterocycles. The van der Waals surface area contributed by atoms with Crippen molar-refractivity contribution in [2.45, 2.75) is 58.5 Å². The van der Waals surface area contributed by atoms with Crippen LogP contribution in [-0.2, 0) is 13.6 Å². The summed E-state index contributed by atoms with van der Waals surface area (Å²) in [4.78, 5) is 38.1. The summed E-state index contributed by atoms with van der Waals surface area (Å²) in [6, 6.07) is 11.4. The molecule has 2 aromatic carbocycles. The fourth-order valence-corrected chi connectivity index (χ4v) is 7.26. The van der Waals surface area contributed by atoms with Crippen molar-refractivity contribution >= 4 is 63.4 Å². The predicted molar refractivity (Wildman–Crippen MR) is 183 cm³/mol. The first kappa shape index (κ1) is 30.6. The number of carbonyl (C=O) groups excluding carboxylic acids is 2. The van der Waals surface area contributed by atoms with Crippen LogP contribution in [0, 0.1) is 19.8 Å². The molecule has 1 aliphatic heterocycles. The lowest BCUT2D eigenvalue weighted by Crippen LogP contribution is -2.37. The number of benzene rings is 2. The van der Waals surface area contributed by atoms with Gasteiger partial charge in [0.05, 0.1) is 38.0 Å². The van der Waals surface area contributed by atoms with E-state index in [-0.39, 0.29) is 24.4 Å². The molecule has 238 valence electrons. The Morgan fingerprint density at radius 3 is 2.54 bits per heavy atom. The van der Waals surface area contributed by atoms with Crippen molar-refractivity contribution in [3.05, 3.63) is 86.2 Å². The molecule has 9 nitrogen and oxygen atoms in total. The van der Waals surface area contributed by atoms with E-state index in [2.05, 4.69) is 38.0 Å². The van der Waals surface area contributed by atoms with Crippen LogP contribution in [-0.4, -0.2) is 45.5 Å². The van der Waals surface area contributed by atoms with E-state index in [0.29, 0.717) is 49.9 Å². The summed E-state index contributed by atoms with van der Waals surface area (Å²) in [5.74, 6) is 0.721. The summed E-state index contributed by atoms with van der Waals surface area (Å²) < 4.78 is 1.95. The Bertz CT molecular complexity index is 1890. The van der Waals surface area contributed by atoms with E-state index >= 15 is 0 Å². The minimum absolute atomic E-state index is 0.0459. The Hall–Kier alpha value is -4.08. The summed E-state index contributed by atoms with van der Waals surface area (Å²) in [6.07, 6.45) is 7.87. The lowest BCUT2D eigenvalue weighted by molar-refractivity contribution is 0.0925. The number of pyridine rings is 1. The van der Waals surface area contributed by atoms with Gasteiger partial charge in [0.2, 0.25) is 5.95 Å². The van der Waals surface area contributed by atoms with Gasteiger partial charge in [-0.15, -0.1) is 0 Å². The van der Waals surface area contributed by atoms with Crippen molar-refractivity contribution in [1.82, 2.24) is 25.2 Å². The van der Waals surface area contributed by atoms with Crippen LogP contribution in [0.5, 0.6) is 0 Å². The molecule has 3 N–H and O–H groups in total. The first-order chi connectivity index (χ1) is 22.1. The number of halogens is 2. The molecule has 3 heterocycles. The molecule has 7 rings (SSSR count). The van der Waals surface area contributed by atoms with Gasteiger partial charge in [-0.2, -0.15) is 0 Å². The van der Waals surface area contributed by atoms with Crippen LogP contribution in [0.3, 0.4) is 0 Å². The second-order valence-corrected chi connectivity index (χ2v) is 13.5. The highest BCUT2D eigenvalue weighted by Crippen LogP contribution is 2.42. The number of carbonyl (C=O) groups is 2. The van der Waals surface area contributed by atoms with Gasteiger partial charge in [0.1, 0.15) is 5.69 Å². The maximum atomic E-state index is 13.7. The number of nitrogens with zero attached hydrogens (tertiary/aromatic N) is 4. The van der Waals surface area contributed by atoms with Crippen LogP contribution < -0.4 is 20.9 Å². The van der Waals surface area contributed by atoms with Crippen LogP contribution in [0.1, 0.15) is 69.8 Å². The minimum atomic E-state index is -0.284. The van der Waals surface area contributed by atoms with Gasteiger partial charge in [0, 0.05) is 44.3 Å². The average molecular weight is 659 g/mol. The van der Waals surface area contributed by atoms with Crippen molar-refractivity contribution in [3.63, 3.8) is 0 Å². The Morgan fingerprint density at radius 2 is 1.80 bits per heavy atom. The van der Waals surface area contributed by atoms with Gasteiger partial charge in [0.15, 0.2) is 0 Å². The van der Waals surface area contributed by atoms with Gasteiger partial charge in [-0.1, -0.05) is 54.6 Å². The van der Waals surface area contributed by atoms with Crippen molar-refractivity contribution in [2.75, 3.05) is 23.3 Å². The van der Waals surface area contributed by atoms with Gasteiger partial charge in [-0.3, -0.25) is 9.59 Å². The number of nitrogens with one attached hydrogen (secondary N) is 3. The molecule has 0 radical (unpaired) electrons. The molecule has 2 amide bonds. The molecule has 1 saturated carbocycles. The van der Waals surface area contributed by atoms with Crippen LogP contribution >= 0.6 is 23.2 Å². The summed E-state index contributed by atoms with van der Waals surface area (Å²) >= 11 is 13.5. The van der Waals surface area contributed by atoms with Crippen molar-refractivity contribution < 1.29 is 9.59 Å². The Balaban J connectivity index is 1.16. The number of anilines is 3. The quantitative estimate of drug-likeness (QED) is 0.176. The molecular weight excluding hydrogens is 621 g/mol. The fourth-order valence-electron chi connectivity index (χ4n) is 6.73. The first-order valence-electron chi connectivity index (χ1n) is 15.9. The van der Waals surface area contributed by atoms with Gasteiger partial charge in [-0.25, -0.2) is 9.97 Å². The van der Waals surface area contributed by atoms with Crippen LogP contribution in [0.15, 0.2) is 48.0 Å². The number of imidazole rings is 1. The van der Waals surface area contributed by atoms with Gasteiger partial charge < -0.3 is 25.4 Å². The largest absolute Gasteiger partial charge is 0.366 e. The van der Waals surface area contributed by atoms with Gasteiger partial charge in [-0.05, 0) is 73.7 Å². The lowest BCUT2D eigenvalue weighted by atomic mass is 9.95. The minimum Gasteiger partial charge on any atom is -0.366 e. The predicted octanol–water partition coefficient (Wildman–Crippen LogP) is 7.00. The molecule has 4 aromatic rings.